The number of aryl methyl sites for hydroxylation is 1. The van der Waals surface area contributed by atoms with Crippen LogP contribution in [0.4, 0.5) is 33.1 Å². The van der Waals surface area contributed by atoms with Gasteiger partial charge in [0.05, 0.1) is 32.4 Å². The largest absolute Gasteiger partial charge is 0.390 e. The molecule has 0 radical (unpaired) electrons. The van der Waals surface area contributed by atoms with E-state index in [1.165, 1.54) is 56.2 Å². The minimum absolute atomic E-state index is 0.117. The summed E-state index contributed by atoms with van der Waals surface area (Å²) in [6.07, 6.45) is 17.8. The van der Waals surface area contributed by atoms with E-state index in [1.54, 1.807) is 18.5 Å². The highest BCUT2D eigenvalue weighted by atomic mass is 19.1. The Morgan fingerprint density at radius 2 is 1.67 bits per heavy atom. The average molecular weight is 781 g/mol. The number of nitrogens with zero attached hydrogens (tertiary/aromatic N) is 6. The standard InChI is InChI=1S/C21H32N2O.C15H14N4O.C6H3FN2O4/c1-19-11-13-12-22-23-18(13)10-14(19)4-5-15-16(19)6-8-20(2)17(15)7-9-21(20,3)24;1-9-6-8-17-14-12(9)18-15(20)11-3-2-7-16-13(11)19(14)10-4-5-10;7-4-2-1-3-5(8(10)11)6(4)9(12)13/h12,14-17,24H,4-11H2,1-3H3,(H,22,23);2-3,6-8,10H,4-5H2,1H3,(H,18,20);1-3H/t14-,15+,16-,17-,19-,20-,21-;;/m0../s1. The quantitative estimate of drug-likeness (QED) is 0.134. The molecule has 1 amide bonds. The van der Waals surface area contributed by atoms with E-state index < -0.39 is 32.6 Å². The predicted octanol–water partition coefficient (Wildman–Crippen LogP) is 8.41. The Balaban J connectivity index is 0.000000126. The van der Waals surface area contributed by atoms with Crippen molar-refractivity contribution in [3.05, 3.63) is 103 Å². The summed E-state index contributed by atoms with van der Waals surface area (Å²) in [5.74, 6) is 3.39. The molecule has 3 N–H and O–H groups in total. The number of carbonyl (C=O) groups excluding carboxylic acids is 1. The molecule has 0 saturated heterocycles. The zero-order valence-electron chi connectivity index (χ0n) is 32.7. The summed E-state index contributed by atoms with van der Waals surface area (Å²) in [6, 6.07) is 8.62. The van der Waals surface area contributed by atoms with Crippen molar-refractivity contribution < 1.29 is 24.1 Å². The summed E-state index contributed by atoms with van der Waals surface area (Å²) in [5, 5.41) is 42.0. The number of aliphatic hydroxyl groups is 1. The first kappa shape index (κ1) is 38.6. The lowest BCUT2D eigenvalue weighted by atomic mass is 9.44. The van der Waals surface area contributed by atoms with Gasteiger partial charge in [-0.15, -0.1) is 0 Å². The molecule has 4 heterocycles. The molecule has 4 fully saturated rings. The number of nitrogens with one attached hydrogen (secondary N) is 2. The molecule has 6 aliphatic rings. The van der Waals surface area contributed by atoms with Crippen LogP contribution in [0.1, 0.15) is 99.3 Å². The van der Waals surface area contributed by atoms with Gasteiger partial charge >= 0.3 is 11.4 Å². The summed E-state index contributed by atoms with van der Waals surface area (Å²) in [6.45, 7) is 9.07. The number of H-pyrrole nitrogens is 1. The van der Waals surface area contributed by atoms with Crippen LogP contribution >= 0.6 is 0 Å². The molecule has 4 aromatic rings. The molecule has 300 valence electrons. The molecule has 0 spiro atoms. The third-order valence-corrected chi connectivity index (χ3v) is 14.6. The van der Waals surface area contributed by atoms with Crippen LogP contribution in [-0.4, -0.2) is 52.7 Å². The summed E-state index contributed by atoms with van der Waals surface area (Å²) in [5.41, 5.74) is 3.41. The fourth-order valence-corrected chi connectivity index (χ4v) is 11.1. The van der Waals surface area contributed by atoms with Crippen LogP contribution in [0.3, 0.4) is 0 Å². The van der Waals surface area contributed by atoms with E-state index >= 15 is 0 Å². The number of aromatic amines is 1. The number of hydrogen-bond donors (Lipinski definition) is 3. The van der Waals surface area contributed by atoms with Crippen LogP contribution in [0.25, 0.3) is 0 Å². The van der Waals surface area contributed by atoms with Crippen LogP contribution in [0.2, 0.25) is 0 Å². The number of anilines is 3. The summed E-state index contributed by atoms with van der Waals surface area (Å²) < 4.78 is 12.7. The average Bonchev–Trinajstić information content (AvgIpc) is 3.87. The van der Waals surface area contributed by atoms with Gasteiger partial charge in [0, 0.05) is 30.7 Å². The van der Waals surface area contributed by atoms with Crippen molar-refractivity contribution in [1.82, 2.24) is 20.2 Å². The molecule has 7 atom stereocenters. The van der Waals surface area contributed by atoms with E-state index in [4.69, 9.17) is 0 Å². The van der Waals surface area contributed by atoms with Crippen molar-refractivity contribution in [2.45, 2.75) is 104 Å². The molecule has 57 heavy (non-hydrogen) atoms. The molecule has 10 rings (SSSR count). The lowest BCUT2D eigenvalue weighted by molar-refractivity contribution is -0.424. The van der Waals surface area contributed by atoms with Crippen LogP contribution < -0.4 is 10.2 Å². The molecule has 1 aromatic carbocycles. The molecule has 4 saturated carbocycles. The fraction of sp³-hybridized carbons (Fsp3) is 0.524. The highest BCUT2D eigenvalue weighted by molar-refractivity contribution is 6.11. The van der Waals surface area contributed by atoms with E-state index in [0.717, 1.165) is 78.2 Å². The lowest BCUT2D eigenvalue weighted by Crippen LogP contribution is -2.56. The fourth-order valence-electron chi connectivity index (χ4n) is 11.1. The number of rotatable bonds is 3. The van der Waals surface area contributed by atoms with Gasteiger partial charge in [-0.2, -0.15) is 9.49 Å². The van der Waals surface area contributed by atoms with Crippen LogP contribution in [0, 0.1) is 67.5 Å². The second-order valence-electron chi connectivity index (χ2n) is 17.5. The van der Waals surface area contributed by atoms with Gasteiger partial charge < -0.3 is 15.3 Å². The van der Waals surface area contributed by atoms with Gasteiger partial charge in [-0.25, -0.2) is 9.97 Å². The Morgan fingerprint density at radius 1 is 0.912 bits per heavy atom. The van der Waals surface area contributed by atoms with Crippen molar-refractivity contribution in [2.24, 2.45) is 34.5 Å². The second-order valence-corrected chi connectivity index (χ2v) is 17.5. The Hall–Kier alpha value is -5.31. The smallest absolute Gasteiger partial charge is 0.381 e. The number of nitro benzene ring substituents is 2. The monoisotopic (exact) mass is 780 g/mol. The minimum atomic E-state index is -1.21. The molecule has 0 bridgehead atoms. The van der Waals surface area contributed by atoms with E-state index in [0.29, 0.717) is 22.8 Å². The van der Waals surface area contributed by atoms with Crippen molar-refractivity contribution in [3.63, 3.8) is 0 Å². The third-order valence-electron chi connectivity index (χ3n) is 14.6. The minimum Gasteiger partial charge on any atom is -0.390 e. The molecule has 14 nitrogen and oxygen atoms in total. The zero-order valence-corrected chi connectivity index (χ0v) is 32.7. The Morgan fingerprint density at radius 3 is 2.39 bits per heavy atom. The normalized spacial score (nSPS) is 30.5. The van der Waals surface area contributed by atoms with E-state index in [9.17, 15) is 34.5 Å². The topological polar surface area (TPSA) is 193 Å². The number of hydrogen-bond acceptors (Lipinski definition) is 10. The molecule has 3 aromatic heterocycles. The second kappa shape index (κ2) is 14.3. The van der Waals surface area contributed by atoms with Gasteiger partial charge in [-0.3, -0.25) is 30.1 Å². The van der Waals surface area contributed by atoms with Gasteiger partial charge in [-0.1, -0.05) is 19.9 Å². The maximum Gasteiger partial charge on any atom is 0.381 e. The number of carbonyl (C=O) groups is 1. The summed E-state index contributed by atoms with van der Waals surface area (Å²) >= 11 is 0. The van der Waals surface area contributed by atoms with Crippen molar-refractivity contribution >= 4 is 34.6 Å². The lowest BCUT2D eigenvalue weighted by Gasteiger charge is -2.60. The first-order chi connectivity index (χ1) is 27.1. The third kappa shape index (κ3) is 6.53. The maximum atomic E-state index is 12.7. The number of fused-ring (bicyclic) bond motifs is 8. The Bertz CT molecular complexity index is 2240. The molecule has 5 aliphatic carbocycles. The van der Waals surface area contributed by atoms with Crippen LogP contribution in [-0.2, 0) is 12.8 Å². The zero-order chi connectivity index (χ0) is 40.4. The van der Waals surface area contributed by atoms with Crippen molar-refractivity contribution in [1.29, 1.82) is 0 Å². The Labute approximate surface area is 330 Å². The molecule has 0 unspecified atom stereocenters. The maximum absolute atomic E-state index is 12.7. The Kier molecular flexibility index (Phi) is 9.65. The van der Waals surface area contributed by atoms with Gasteiger partial charge in [-0.05, 0) is 148 Å². The first-order valence-electron chi connectivity index (χ1n) is 20.0. The highest BCUT2D eigenvalue weighted by Crippen LogP contribution is 2.67. The SMILES string of the molecule is C[C@]12Cc3c[nH]nc3C[C@@H]1CC[C@@H]1[C@@H]2CC[C@@]2(C)[C@H]1CC[C@]2(C)O.Cc1ccnc2c1NC(=O)c1cccnc1N2C1CC1.O=[N+]([O-])c1cccc(F)c1[N+](=O)[O-]. The number of aromatic nitrogens is 4. The molecular formula is C42H49FN8O6. The first-order valence-corrected chi connectivity index (χ1v) is 20.0. The van der Waals surface area contributed by atoms with Crippen molar-refractivity contribution in [3.8, 4) is 0 Å². The van der Waals surface area contributed by atoms with Gasteiger partial charge in [0.25, 0.3) is 5.91 Å². The summed E-state index contributed by atoms with van der Waals surface area (Å²) in [4.78, 5) is 41.7. The van der Waals surface area contributed by atoms with Crippen LogP contribution in [0.5, 0.6) is 0 Å². The number of nitro groups is 2. The van der Waals surface area contributed by atoms with E-state index in [1.807, 2.05) is 19.1 Å². The number of benzene rings is 1. The van der Waals surface area contributed by atoms with Gasteiger partial charge in [0.1, 0.15) is 5.82 Å². The van der Waals surface area contributed by atoms with Crippen molar-refractivity contribution in [2.75, 3.05) is 10.2 Å². The van der Waals surface area contributed by atoms with Gasteiger partial charge in [0.2, 0.25) is 5.82 Å². The number of para-hydroxylation sites is 1. The number of halogens is 1. The predicted molar refractivity (Wildman–Crippen MR) is 211 cm³/mol. The van der Waals surface area contributed by atoms with Crippen LogP contribution in [0.15, 0.2) is 55.0 Å². The molecule has 15 heteroatoms. The molecular weight excluding hydrogens is 732 g/mol. The number of pyridine rings is 2. The summed E-state index contributed by atoms with van der Waals surface area (Å²) in [7, 11) is 0. The molecule has 1 aliphatic heterocycles. The number of amides is 1. The van der Waals surface area contributed by atoms with Gasteiger partial charge in [0.15, 0.2) is 5.82 Å². The van der Waals surface area contributed by atoms with E-state index in [2.05, 4.69) is 57.4 Å². The van der Waals surface area contributed by atoms with E-state index in [-0.39, 0.29) is 11.3 Å². The highest BCUT2D eigenvalue weighted by Gasteiger charge is 2.63.